The van der Waals surface area contributed by atoms with Crippen LogP contribution >= 0.6 is 24.0 Å². The van der Waals surface area contributed by atoms with Crippen molar-refractivity contribution in [3.63, 3.8) is 0 Å². The number of guanidine groups is 1. The van der Waals surface area contributed by atoms with E-state index >= 15 is 0 Å². The minimum atomic E-state index is -0.494. The Hall–Kier alpha value is -1.55. The van der Waals surface area contributed by atoms with Crippen LogP contribution < -0.4 is 16.0 Å². The highest BCUT2D eigenvalue weighted by Gasteiger charge is 2.15. The largest absolute Gasteiger partial charge is 0.444 e. The molecular formula is C22H40IN5O2. The highest BCUT2D eigenvalue weighted by atomic mass is 127. The molecule has 172 valence electrons. The van der Waals surface area contributed by atoms with Gasteiger partial charge in [0.15, 0.2) is 5.96 Å². The standard InChI is InChI=1S/C22H39N5O2.HI/c1-7-23-20(24-14-15-25-21(28)29-22(4,5)6)26-16-18-12-10-11-13-19(18)17-27(8-2)9-3;/h10-13H,7-9,14-17H2,1-6H3,(H,25,28)(H2,23,24,26);1H. The molecular weight excluding hydrogens is 493 g/mol. The van der Waals surface area contributed by atoms with E-state index in [-0.39, 0.29) is 24.0 Å². The van der Waals surface area contributed by atoms with Gasteiger partial charge in [0.05, 0.1) is 6.54 Å². The highest BCUT2D eigenvalue weighted by molar-refractivity contribution is 14.0. The number of ether oxygens (including phenoxy) is 1. The molecule has 1 aromatic carbocycles. The maximum absolute atomic E-state index is 11.7. The molecule has 3 N–H and O–H groups in total. The van der Waals surface area contributed by atoms with Crippen LogP contribution in [0.1, 0.15) is 52.7 Å². The van der Waals surface area contributed by atoms with E-state index in [0.29, 0.717) is 19.6 Å². The molecule has 1 amide bonds. The lowest BCUT2D eigenvalue weighted by atomic mass is 10.1. The van der Waals surface area contributed by atoms with Crippen LogP contribution in [-0.2, 0) is 17.8 Å². The Kier molecular flexibility index (Phi) is 14.5. The summed E-state index contributed by atoms with van der Waals surface area (Å²) in [5.74, 6) is 0.733. The first kappa shape index (κ1) is 28.5. The Balaban J connectivity index is 0.00000841. The topological polar surface area (TPSA) is 78.0 Å². The Bertz CT molecular complexity index is 643. The van der Waals surface area contributed by atoms with Crippen LogP contribution in [0, 0.1) is 0 Å². The number of alkyl carbamates (subject to hydrolysis) is 1. The van der Waals surface area contributed by atoms with E-state index in [9.17, 15) is 4.79 Å². The van der Waals surface area contributed by atoms with Crippen LogP contribution in [0.3, 0.4) is 0 Å². The first-order valence-electron chi connectivity index (χ1n) is 10.6. The van der Waals surface area contributed by atoms with Crippen molar-refractivity contribution >= 4 is 36.0 Å². The summed E-state index contributed by atoms with van der Waals surface area (Å²) in [5, 5.41) is 9.24. The molecule has 0 fully saturated rings. The average molecular weight is 533 g/mol. The van der Waals surface area contributed by atoms with Gasteiger partial charge in [-0.25, -0.2) is 9.79 Å². The number of nitrogens with one attached hydrogen (secondary N) is 3. The first-order valence-corrected chi connectivity index (χ1v) is 10.6. The smallest absolute Gasteiger partial charge is 0.407 e. The van der Waals surface area contributed by atoms with Gasteiger partial charge in [-0.1, -0.05) is 38.1 Å². The van der Waals surface area contributed by atoms with Crippen LogP contribution in [-0.4, -0.2) is 55.3 Å². The molecule has 1 aromatic rings. The molecule has 8 heteroatoms. The number of rotatable bonds is 10. The number of carbonyl (C=O) groups excluding carboxylic acids is 1. The monoisotopic (exact) mass is 533 g/mol. The van der Waals surface area contributed by atoms with Gasteiger partial charge in [-0.05, 0) is 51.9 Å². The number of nitrogens with zero attached hydrogens (tertiary/aromatic N) is 2. The maximum Gasteiger partial charge on any atom is 0.407 e. The van der Waals surface area contributed by atoms with E-state index in [1.807, 2.05) is 27.7 Å². The van der Waals surface area contributed by atoms with Crippen molar-refractivity contribution in [3.8, 4) is 0 Å². The van der Waals surface area contributed by atoms with E-state index in [0.717, 1.165) is 32.1 Å². The predicted octanol–water partition coefficient (Wildman–Crippen LogP) is 3.73. The van der Waals surface area contributed by atoms with E-state index in [1.165, 1.54) is 11.1 Å². The number of amides is 1. The summed E-state index contributed by atoms with van der Waals surface area (Å²) in [7, 11) is 0. The van der Waals surface area contributed by atoms with Gasteiger partial charge in [0, 0.05) is 26.2 Å². The van der Waals surface area contributed by atoms with E-state index in [2.05, 4.69) is 59.0 Å². The zero-order chi connectivity index (χ0) is 21.7. The second kappa shape index (κ2) is 15.3. The van der Waals surface area contributed by atoms with Crippen LogP contribution in [0.2, 0.25) is 0 Å². The fourth-order valence-electron chi connectivity index (χ4n) is 2.72. The van der Waals surface area contributed by atoms with Gasteiger partial charge in [-0.2, -0.15) is 0 Å². The van der Waals surface area contributed by atoms with Gasteiger partial charge >= 0.3 is 6.09 Å². The van der Waals surface area contributed by atoms with Gasteiger partial charge in [-0.3, -0.25) is 4.90 Å². The van der Waals surface area contributed by atoms with E-state index in [1.54, 1.807) is 0 Å². The van der Waals surface area contributed by atoms with Crippen molar-refractivity contribution < 1.29 is 9.53 Å². The summed E-state index contributed by atoms with van der Waals surface area (Å²) >= 11 is 0. The quantitative estimate of drug-likeness (QED) is 0.185. The third-order valence-corrected chi connectivity index (χ3v) is 4.24. The maximum atomic E-state index is 11.7. The highest BCUT2D eigenvalue weighted by Crippen LogP contribution is 2.13. The van der Waals surface area contributed by atoms with Gasteiger partial charge in [0.1, 0.15) is 5.60 Å². The SMILES string of the molecule is CCNC(=NCc1ccccc1CN(CC)CC)NCCNC(=O)OC(C)(C)C.I. The van der Waals surface area contributed by atoms with Crippen LogP contribution in [0.15, 0.2) is 29.3 Å². The van der Waals surface area contributed by atoms with Gasteiger partial charge in [-0.15, -0.1) is 24.0 Å². The summed E-state index contributed by atoms with van der Waals surface area (Å²) in [6, 6.07) is 8.45. The van der Waals surface area contributed by atoms with Crippen LogP contribution in [0.5, 0.6) is 0 Å². The lowest BCUT2D eigenvalue weighted by Crippen LogP contribution is -2.42. The summed E-state index contributed by atoms with van der Waals surface area (Å²) in [4.78, 5) is 18.8. The van der Waals surface area contributed by atoms with Crippen molar-refractivity contribution in [2.75, 3.05) is 32.7 Å². The summed E-state index contributed by atoms with van der Waals surface area (Å²) in [6.07, 6.45) is -0.411. The number of hydrogen-bond donors (Lipinski definition) is 3. The van der Waals surface area contributed by atoms with Crippen molar-refractivity contribution in [3.05, 3.63) is 35.4 Å². The summed E-state index contributed by atoms with van der Waals surface area (Å²) in [5.41, 5.74) is 2.04. The van der Waals surface area contributed by atoms with Crippen molar-refractivity contribution in [1.82, 2.24) is 20.9 Å². The zero-order valence-corrected chi connectivity index (χ0v) is 21.7. The Labute approximate surface area is 199 Å². The fraction of sp³-hybridized carbons (Fsp3) is 0.636. The van der Waals surface area contributed by atoms with Crippen LogP contribution in [0.25, 0.3) is 0 Å². The lowest BCUT2D eigenvalue weighted by Gasteiger charge is -2.20. The minimum absolute atomic E-state index is 0. The van der Waals surface area contributed by atoms with Crippen molar-refractivity contribution in [1.29, 1.82) is 0 Å². The predicted molar refractivity (Wildman–Crippen MR) is 136 cm³/mol. The second-order valence-electron chi connectivity index (χ2n) is 7.78. The summed E-state index contributed by atoms with van der Waals surface area (Å²) < 4.78 is 5.23. The first-order chi connectivity index (χ1) is 13.8. The molecule has 0 spiro atoms. The molecule has 30 heavy (non-hydrogen) atoms. The lowest BCUT2D eigenvalue weighted by molar-refractivity contribution is 0.0529. The molecule has 0 heterocycles. The normalized spacial score (nSPS) is 11.6. The molecule has 0 aliphatic heterocycles. The molecule has 0 bridgehead atoms. The Morgan fingerprint density at radius 1 is 1.00 bits per heavy atom. The van der Waals surface area contributed by atoms with Crippen molar-refractivity contribution in [2.24, 2.45) is 4.99 Å². The molecule has 0 saturated carbocycles. The zero-order valence-electron chi connectivity index (χ0n) is 19.4. The molecule has 0 aliphatic rings. The summed E-state index contributed by atoms with van der Waals surface area (Å²) in [6.45, 7) is 17.3. The molecule has 0 atom stereocenters. The second-order valence-corrected chi connectivity index (χ2v) is 7.78. The molecule has 7 nitrogen and oxygen atoms in total. The van der Waals surface area contributed by atoms with Gasteiger partial charge in [0.25, 0.3) is 0 Å². The molecule has 0 unspecified atom stereocenters. The van der Waals surface area contributed by atoms with E-state index < -0.39 is 11.7 Å². The van der Waals surface area contributed by atoms with Crippen molar-refractivity contribution in [2.45, 2.75) is 60.2 Å². The molecule has 0 radical (unpaired) electrons. The fourth-order valence-corrected chi connectivity index (χ4v) is 2.72. The molecule has 1 rings (SSSR count). The minimum Gasteiger partial charge on any atom is -0.444 e. The number of carbonyl (C=O) groups is 1. The average Bonchev–Trinajstić information content (AvgIpc) is 2.66. The number of halogens is 1. The number of aliphatic imine (C=N–C) groups is 1. The molecule has 0 saturated heterocycles. The van der Waals surface area contributed by atoms with Gasteiger partial charge < -0.3 is 20.7 Å². The Morgan fingerprint density at radius 3 is 2.17 bits per heavy atom. The number of hydrogen-bond acceptors (Lipinski definition) is 4. The van der Waals surface area contributed by atoms with Crippen LogP contribution in [0.4, 0.5) is 4.79 Å². The third kappa shape index (κ3) is 12.2. The van der Waals surface area contributed by atoms with Gasteiger partial charge in [0.2, 0.25) is 0 Å². The molecule has 0 aromatic heterocycles. The van der Waals surface area contributed by atoms with E-state index in [4.69, 9.17) is 9.73 Å². The third-order valence-electron chi connectivity index (χ3n) is 4.24. The Morgan fingerprint density at radius 2 is 1.60 bits per heavy atom. The molecule has 0 aliphatic carbocycles. The number of benzene rings is 1.